The van der Waals surface area contributed by atoms with Gasteiger partial charge in [-0.25, -0.2) is 4.98 Å². The molecule has 0 amide bonds. The fraction of sp³-hybridized carbons (Fsp3) is 0.286. The molecule has 0 aliphatic rings. The van der Waals surface area contributed by atoms with Gasteiger partial charge < -0.3 is 10.1 Å². The summed E-state index contributed by atoms with van der Waals surface area (Å²) in [6.07, 6.45) is 0.982. The summed E-state index contributed by atoms with van der Waals surface area (Å²) in [5.41, 5.74) is 2.11. The lowest BCUT2D eigenvalue weighted by molar-refractivity contribution is -0.140. The minimum Gasteiger partial charge on any atom is -0.469 e. The number of nitrogens with zero attached hydrogens (tertiary/aromatic N) is 1. The lowest BCUT2D eigenvalue weighted by Crippen LogP contribution is -2.02. The fourth-order valence-electron chi connectivity index (χ4n) is 1.62. The van der Waals surface area contributed by atoms with Crippen LogP contribution in [0, 0.1) is 0 Å². The summed E-state index contributed by atoms with van der Waals surface area (Å²) in [6, 6.07) is 8.15. The molecule has 1 aromatic carbocycles. The van der Waals surface area contributed by atoms with Gasteiger partial charge >= 0.3 is 5.97 Å². The molecule has 0 radical (unpaired) electrons. The minimum absolute atomic E-state index is 0.206. The molecule has 0 bridgehead atoms. The highest BCUT2D eigenvalue weighted by atomic mass is 79.9. The van der Waals surface area contributed by atoms with E-state index in [0.29, 0.717) is 12.8 Å². The van der Waals surface area contributed by atoms with Crippen LogP contribution < -0.4 is 5.32 Å². The van der Waals surface area contributed by atoms with Gasteiger partial charge in [0, 0.05) is 22.8 Å². The highest BCUT2D eigenvalue weighted by molar-refractivity contribution is 9.10. The number of hydrogen-bond donors (Lipinski definition) is 1. The molecule has 2 aromatic rings. The summed E-state index contributed by atoms with van der Waals surface area (Å²) >= 11 is 4.96. The van der Waals surface area contributed by atoms with Gasteiger partial charge in [0.2, 0.25) is 0 Å². The number of esters is 1. The number of carbonyl (C=O) groups excluding carboxylic acids is 1. The molecule has 0 aliphatic carbocycles. The number of carbonyl (C=O) groups is 1. The first-order valence-corrected chi connectivity index (χ1v) is 7.84. The van der Waals surface area contributed by atoms with E-state index < -0.39 is 0 Å². The van der Waals surface area contributed by atoms with Crippen molar-refractivity contribution >= 4 is 38.4 Å². The summed E-state index contributed by atoms with van der Waals surface area (Å²) in [5.74, 6) is -0.206. The maximum Gasteiger partial charge on any atom is 0.305 e. The van der Waals surface area contributed by atoms with Gasteiger partial charge in [0.15, 0.2) is 5.13 Å². The normalized spacial score (nSPS) is 10.3. The number of anilines is 1. The summed E-state index contributed by atoms with van der Waals surface area (Å²) in [4.78, 5) is 15.5. The Balaban J connectivity index is 1.83. The Bertz CT molecular complexity index is 569. The number of ether oxygens (including phenoxy) is 1. The van der Waals surface area contributed by atoms with Crippen molar-refractivity contribution < 1.29 is 9.53 Å². The number of halogens is 1. The lowest BCUT2D eigenvalue weighted by atomic mass is 10.2. The number of nitrogens with one attached hydrogen (secondary N) is 1. The monoisotopic (exact) mass is 354 g/mol. The standard InChI is InChI=1S/C14H15BrN2O2S/c1-19-13(18)7-6-12-9-20-14(17-12)16-8-10-2-4-11(15)5-3-10/h2-5,9H,6-8H2,1H3,(H,16,17). The second kappa shape index (κ2) is 7.40. The lowest BCUT2D eigenvalue weighted by Gasteiger charge is -2.02. The van der Waals surface area contributed by atoms with Gasteiger partial charge in [-0.3, -0.25) is 4.79 Å². The van der Waals surface area contributed by atoms with Crippen LogP contribution in [0.4, 0.5) is 5.13 Å². The molecule has 0 saturated heterocycles. The van der Waals surface area contributed by atoms with Gasteiger partial charge in [-0.2, -0.15) is 0 Å². The summed E-state index contributed by atoms with van der Waals surface area (Å²) in [7, 11) is 1.40. The number of hydrogen-bond acceptors (Lipinski definition) is 5. The van der Waals surface area contributed by atoms with E-state index in [0.717, 1.165) is 21.8 Å². The van der Waals surface area contributed by atoms with Crippen LogP contribution in [0.2, 0.25) is 0 Å². The van der Waals surface area contributed by atoms with Crippen LogP contribution in [0.15, 0.2) is 34.1 Å². The van der Waals surface area contributed by atoms with Crippen LogP contribution in [0.3, 0.4) is 0 Å². The van der Waals surface area contributed by atoms with Crippen LogP contribution in [0.25, 0.3) is 0 Å². The zero-order chi connectivity index (χ0) is 14.4. The first-order valence-electron chi connectivity index (χ1n) is 6.17. The molecule has 0 saturated carbocycles. The Morgan fingerprint density at radius 2 is 2.15 bits per heavy atom. The van der Waals surface area contributed by atoms with Gasteiger partial charge in [-0.1, -0.05) is 28.1 Å². The maximum absolute atomic E-state index is 11.1. The first kappa shape index (κ1) is 15.0. The summed E-state index contributed by atoms with van der Waals surface area (Å²) in [6.45, 7) is 0.733. The van der Waals surface area contributed by atoms with Crippen molar-refractivity contribution in [3.8, 4) is 0 Å². The molecule has 4 nitrogen and oxygen atoms in total. The zero-order valence-corrected chi connectivity index (χ0v) is 13.5. The van der Waals surface area contributed by atoms with Crippen molar-refractivity contribution in [2.75, 3.05) is 12.4 Å². The van der Waals surface area contributed by atoms with E-state index in [9.17, 15) is 4.79 Å². The van der Waals surface area contributed by atoms with E-state index in [1.807, 2.05) is 17.5 Å². The number of thiazole rings is 1. The topological polar surface area (TPSA) is 51.2 Å². The molecule has 6 heteroatoms. The fourth-order valence-corrected chi connectivity index (χ4v) is 2.62. The van der Waals surface area contributed by atoms with E-state index in [2.05, 4.69) is 43.1 Å². The Morgan fingerprint density at radius 1 is 1.40 bits per heavy atom. The number of aromatic nitrogens is 1. The van der Waals surface area contributed by atoms with Crippen molar-refractivity contribution in [3.05, 3.63) is 45.4 Å². The number of aryl methyl sites for hydroxylation is 1. The molecule has 2 rings (SSSR count). The molecule has 0 unspecified atom stereocenters. The molecule has 0 fully saturated rings. The predicted octanol–water partition coefficient (Wildman–Crippen LogP) is 3.62. The quantitative estimate of drug-likeness (QED) is 0.804. The van der Waals surface area contributed by atoms with Gasteiger partial charge in [0.05, 0.1) is 19.2 Å². The molecule has 106 valence electrons. The van der Waals surface area contributed by atoms with Crippen molar-refractivity contribution in [1.29, 1.82) is 0 Å². The zero-order valence-electron chi connectivity index (χ0n) is 11.1. The van der Waals surface area contributed by atoms with E-state index in [1.165, 1.54) is 12.7 Å². The average molecular weight is 355 g/mol. The van der Waals surface area contributed by atoms with E-state index in [1.54, 1.807) is 11.3 Å². The molecule has 0 spiro atoms. The van der Waals surface area contributed by atoms with Crippen LogP contribution in [-0.2, 0) is 22.5 Å². The van der Waals surface area contributed by atoms with Crippen molar-refractivity contribution in [2.45, 2.75) is 19.4 Å². The molecule has 1 N–H and O–H groups in total. The second-order valence-electron chi connectivity index (χ2n) is 4.20. The average Bonchev–Trinajstić information content (AvgIpc) is 2.92. The number of benzene rings is 1. The molecular formula is C14H15BrN2O2S. The Kier molecular flexibility index (Phi) is 5.55. The second-order valence-corrected chi connectivity index (χ2v) is 5.97. The SMILES string of the molecule is COC(=O)CCc1csc(NCc2ccc(Br)cc2)n1. The van der Waals surface area contributed by atoms with Gasteiger partial charge in [0.25, 0.3) is 0 Å². The molecular weight excluding hydrogens is 340 g/mol. The third-order valence-electron chi connectivity index (χ3n) is 2.72. The van der Waals surface area contributed by atoms with Crippen LogP contribution in [0.1, 0.15) is 17.7 Å². The Hall–Kier alpha value is -1.40. The summed E-state index contributed by atoms with van der Waals surface area (Å²) in [5, 5.41) is 6.11. The predicted molar refractivity (Wildman–Crippen MR) is 83.9 cm³/mol. The van der Waals surface area contributed by atoms with Crippen molar-refractivity contribution in [1.82, 2.24) is 4.98 Å². The summed E-state index contributed by atoms with van der Waals surface area (Å²) < 4.78 is 5.68. The van der Waals surface area contributed by atoms with Crippen LogP contribution >= 0.6 is 27.3 Å². The first-order chi connectivity index (χ1) is 9.67. The highest BCUT2D eigenvalue weighted by Gasteiger charge is 2.05. The van der Waals surface area contributed by atoms with Gasteiger partial charge in [-0.15, -0.1) is 11.3 Å². The van der Waals surface area contributed by atoms with Gasteiger partial charge in [0.1, 0.15) is 0 Å². The Morgan fingerprint density at radius 3 is 2.85 bits per heavy atom. The number of rotatable bonds is 6. The van der Waals surface area contributed by atoms with E-state index >= 15 is 0 Å². The van der Waals surface area contributed by atoms with E-state index in [4.69, 9.17) is 0 Å². The molecule has 20 heavy (non-hydrogen) atoms. The van der Waals surface area contributed by atoms with Crippen molar-refractivity contribution in [2.24, 2.45) is 0 Å². The largest absolute Gasteiger partial charge is 0.469 e. The van der Waals surface area contributed by atoms with Crippen molar-refractivity contribution in [3.63, 3.8) is 0 Å². The third-order valence-corrected chi connectivity index (χ3v) is 4.10. The minimum atomic E-state index is -0.206. The Labute approximate surface area is 130 Å². The number of methoxy groups -OCH3 is 1. The molecule has 0 atom stereocenters. The van der Waals surface area contributed by atoms with E-state index in [-0.39, 0.29) is 5.97 Å². The third kappa shape index (κ3) is 4.61. The van der Waals surface area contributed by atoms with Crippen LogP contribution in [-0.4, -0.2) is 18.1 Å². The van der Waals surface area contributed by atoms with Gasteiger partial charge in [-0.05, 0) is 17.7 Å². The van der Waals surface area contributed by atoms with Crippen LogP contribution in [0.5, 0.6) is 0 Å². The molecule has 1 heterocycles. The molecule has 1 aromatic heterocycles. The highest BCUT2D eigenvalue weighted by Crippen LogP contribution is 2.18. The maximum atomic E-state index is 11.1. The smallest absolute Gasteiger partial charge is 0.305 e. The molecule has 0 aliphatic heterocycles.